The molecule has 4 aromatic rings. The first-order valence-corrected chi connectivity index (χ1v) is 15.5. The van der Waals surface area contributed by atoms with E-state index in [1.807, 2.05) is 36.4 Å². The lowest BCUT2D eigenvalue weighted by Crippen LogP contribution is -2.40. The Hall–Kier alpha value is -4.26. The highest BCUT2D eigenvalue weighted by molar-refractivity contribution is 6.30. The molecular formula is C35H40ClFN6O2. The number of ketones is 1. The zero-order valence-corrected chi connectivity index (χ0v) is 26.9. The maximum absolute atomic E-state index is 14.2. The fourth-order valence-corrected chi connectivity index (χ4v) is 5.69. The molecule has 3 heterocycles. The van der Waals surface area contributed by atoms with E-state index in [1.54, 1.807) is 25.4 Å². The van der Waals surface area contributed by atoms with E-state index >= 15 is 0 Å². The van der Waals surface area contributed by atoms with Gasteiger partial charge in [-0.05, 0) is 76.5 Å². The average molecular weight is 631 g/mol. The van der Waals surface area contributed by atoms with Gasteiger partial charge in [0.1, 0.15) is 18.8 Å². The standard InChI is InChI=1S/C33H38ClFN6O2.C2H2/c1-4-40-22-36-38-32(40)20-41(31-18-26(24(3)42)9-8-23(31)2)17-16-39-14-12-25(13-15-39)30-6-5-7-33(37-30)43-21-27-10-11-28(34)19-29(27)35;1-2/h5-11,18-19,22,25H,4,12-17,20-21H2,1-3H3;1-2H. The number of halogens is 2. The van der Waals surface area contributed by atoms with Gasteiger partial charge in [0.25, 0.3) is 0 Å². The first-order valence-electron chi connectivity index (χ1n) is 15.1. The summed E-state index contributed by atoms with van der Waals surface area (Å²) in [6.07, 6.45) is 11.7. The lowest BCUT2D eigenvalue weighted by Gasteiger charge is -2.34. The van der Waals surface area contributed by atoms with Crippen LogP contribution in [0.25, 0.3) is 0 Å². The van der Waals surface area contributed by atoms with Gasteiger partial charge >= 0.3 is 0 Å². The summed E-state index contributed by atoms with van der Waals surface area (Å²) >= 11 is 5.86. The molecule has 0 aliphatic carbocycles. The quantitative estimate of drug-likeness (QED) is 0.127. The fourth-order valence-electron chi connectivity index (χ4n) is 5.53. The topological polar surface area (TPSA) is 76.4 Å². The molecule has 8 nitrogen and oxygen atoms in total. The van der Waals surface area contributed by atoms with Gasteiger partial charge in [-0.1, -0.05) is 35.9 Å². The first-order chi connectivity index (χ1) is 21.8. The Balaban J connectivity index is 0.00000226. The highest BCUT2D eigenvalue weighted by Gasteiger charge is 2.23. The normalized spacial score (nSPS) is 13.6. The van der Waals surface area contributed by atoms with Gasteiger partial charge in [-0.3, -0.25) is 4.79 Å². The van der Waals surface area contributed by atoms with E-state index in [1.165, 1.54) is 6.07 Å². The van der Waals surface area contributed by atoms with Crippen molar-refractivity contribution in [1.82, 2.24) is 24.6 Å². The molecule has 2 aromatic carbocycles. The second kappa shape index (κ2) is 16.2. The van der Waals surface area contributed by atoms with Gasteiger partial charge in [0.15, 0.2) is 11.6 Å². The summed E-state index contributed by atoms with van der Waals surface area (Å²) in [4.78, 5) is 21.7. The molecule has 0 atom stereocenters. The maximum atomic E-state index is 14.2. The number of hydrogen-bond donors (Lipinski definition) is 0. The van der Waals surface area contributed by atoms with Crippen LogP contribution in [-0.2, 0) is 19.7 Å². The molecule has 0 N–H and O–H groups in total. The van der Waals surface area contributed by atoms with Crippen molar-refractivity contribution in [2.45, 2.75) is 59.2 Å². The number of pyridine rings is 1. The predicted molar refractivity (Wildman–Crippen MR) is 176 cm³/mol. The molecule has 0 radical (unpaired) electrons. The largest absolute Gasteiger partial charge is 0.473 e. The summed E-state index contributed by atoms with van der Waals surface area (Å²) in [5.74, 6) is 1.40. The van der Waals surface area contributed by atoms with E-state index in [0.29, 0.717) is 34.5 Å². The molecule has 45 heavy (non-hydrogen) atoms. The molecule has 2 aromatic heterocycles. The number of ether oxygens (including phenoxy) is 1. The number of anilines is 1. The molecule has 1 fully saturated rings. The van der Waals surface area contributed by atoms with E-state index in [9.17, 15) is 9.18 Å². The van der Waals surface area contributed by atoms with Crippen LogP contribution in [0.3, 0.4) is 0 Å². The van der Waals surface area contributed by atoms with Crippen molar-refractivity contribution in [2.24, 2.45) is 0 Å². The number of nitrogens with zero attached hydrogens (tertiary/aromatic N) is 6. The molecule has 0 unspecified atom stereocenters. The van der Waals surface area contributed by atoms with Gasteiger partial charge in [-0.25, -0.2) is 9.37 Å². The van der Waals surface area contributed by atoms with Gasteiger partial charge in [0.05, 0.1) is 6.54 Å². The van der Waals surface area contributed by atoms with Crippen LogP contribution in [0.5, 0.6) is 5.88 Å². The van der Waals surface area contributed by atoms with Gasteiger partial charge in [-0.2, -0.15) is 0 Å². The Labute approximate surface area is 270 Å². The number of terminal acetylenes is 1. The number of hydrogen-bond acceptors (Lipinski definition) is 7. The monoisotopic (exact) mass is 630 g/mol. The summed E-state index contributed by atoms with van der Waals surface area (Å²) in [6.45, 7) is 10.9. The lowest BCUT2D eigenvalue weighted by molar-refractivity contribution is 0.101. The van der Waals surface area contributed by atoms with E-state index in [0.717, 1.165) is 68.3 Å². The minimum absolute atomic E-state index is 0.0558. The maximum Gasteiger partial charge on any atom is 0.213 e. The number of likely N-dealkylation sites (tertiary alicyclic amines) is 1. The summed E-state index contributed by atoms with van der Waals surface area (Å²) in [7, 11) is 0. The molecular weight excluding hydrogens is 591 g/mol. The van der Waals surface area contributed by atoms with Crippen LogP contribution in [0.15, 0.2) is 60.9 Å². The number of aromatic nitrogens is 4. The Morgan fingerprint density at radius 2 is 1.91 bits per heavy atom. The van der Waals surface area contributed by atoms with Gasteiger partial charge in [0, 0.05) is 59.1 Å². The van der Waals surface area contributed by atoms with Crippen molar-refractivity contribution >= 4 is 23.1 Å². The first kappa shape index (κ1) is 33.6. The lowest BCUT2D eigenvalue weighted by atomic mass is 9.93. The van der Waals surface area contributed by atoms with Crippen molar-refractivity contribution < 1.29 is 13.9 Å². The smallest absolute Gasteiger partial charge is 0.213 e. The van der Waals surface area contributed by atoms with Crippen molar-refractivity contribution in [2.75, 3.05) is 31.1 Å². The third-order valence-electron chi connectivity index (χ3n) is 8.15. The molecule has 1 aliphatic heterocycles. The van der Waals surface area contributed by atoms with Gasteiger partial charge in [-0.15, -0.1) is 23.0 Å². The highest BCUT2D eigenvalue weighted by atomic mass is 35.5. The van der Waals surface area contributed by atoms with Crippen LogP contribution in [-0.4, -0.2) is 56.6 Å². The second-order valence-corrected chi connectivity index (χ2v) is 11.5. The van der Waals surface area contributed by atoms with E-state index in [-0.39, 0.29) is 18.2 Å². The molecule has 236 valence electrons. The van der Waals surface area contributed by atoms with Crippen LogP contribution >= 0.6 is 11.6 Å². The Kier molecular flexibility index (Phi) is 12.1. The molecule has 0 amide bonds. The minimum Gasteiger partial charge on any atom is -0.473 e. The Bertz CT molecular complexity index is 1600. The fraction of sp³-hybridized carbons (Fsp3) is 0.371. The predicted octanol–water partition coefficient (Wildman–Crippen LogP) is 6.71. The molecule has 0 bridgehead atoms. The minimum atomic E-state index is -0.386. The third kappa shape index (κ3) is 8.90. The number of carbonyl (C=O) groups excluding carboxylic acids is 1. The van der Waals surface area contributed by atoms with Crippen molar-refractivity contribution in [3.8, 4) is 18.7 Å². The van der Waals surface area contributed by atoms with Crippen LogP contribution in [0.2, 0.25) is 5.02 Å². The van der Waals surface area contributed by atoms with Crippen molar-refractivity contribution in [3.63, 3.8) is 0 Å². The van der Waals surface area contributed by atoms with Crippen LogP contribution in [0, 0.1) is 25.6 Å². The molecule has 1 aliphatic rings. The zero-order valence-electron chi connectivity index (χ0n) is 26.1. The summed E-state index contributed by atoms with van der Waals surface area (Å²) in [6, 6.07) is 16.3. The number of aryl methyl sites for hydroxylation is 2. The molecule has 10 heteroatoms. The molecule has 0 spiro atoms. The Morgan fingerprint density at radius 3 is 2.62 bits per heavy atom. The number of carbonyl (C=O) groups is 1. The summed E-state index contributed by atoms with van der Waals surface area (Å²) in [5, 5.41) is 8.85. The van der Waals surface area contributed by atoms with E-state index in [4.69, 9.17) is 21.3 Å². The van der Waals surface area contributed by atoms with Crippen LogP contribution in [0.4, 0.5) is 10.1 Å². The van der Waals surface area contributed by atoms with Crippen molar-refractivity contribution in [3.05, 3.63) is 100.0 Å². The molecule has 5 rings (SSSR count). The molecule has 1 saturated heterocycles. The average Bonchev–Trinajstić information content (AvgIpc) is 3.51. The summed E-state index contributed by atoms with van der Waals surface area (Å²) in [5.41, 5.74) is 4.33. The van der Waals surface area contributed by atoms with Crippen LogP contribution < -0.4 is 9.64 Å². The van der Waals surface area contributed by atoms with Gasteiger partial charge in [0.2, 0.25) is 5.88 Å². The number of rotatable bonds is 12. The summed E-state index contributed by atoms with van der Waals surface area (Å²) < 4.78 is 22.0. The second-order valence-electron chi connectivity index (χ2n) is 11.1. The van der Waals surface area contributed by atoms with Crippen LogP contribution in [0.1, 0.15) is 65.6 Å². The van der Waals surface area contributed by atoms with Crippen molar-refractivity contribution in [1.29, 1.82) is 0 Å². The third-order valence-corrected chi connectivity index (χ3v) is 8.39. The van der Waals surface area contributed by atoms with Gasteiger partial charge < -0.3 is 19.1 Å². The van der Waals surface area contributed by atoms with E-state index in [2.05, 4.69) is 51.3 Å². The molecule has 0 saturated carbocycles. The van der Waals surface area contributed by atoms with E-state index < -0.39 is 0 Å². The number of piperidine rings is 1. The number of benzene rings is 2. The number of Topliss-reactive ketones (excluding diaryl/α,β-unsaturated/α-hetero) is 1. The highest BCUT2D eigenvalue weighted by Crippen LogP contribution is 2.29. The Morgan fingerprint density at radius 1 is 1.13 bits per heavy atom. The zero-order chi connectivity index (χ0) is 32.3. The SMILES string of the molecule is C#C.CCn1cnnc1CN(CCN1CCC(c2cccc(OCc3ccc(Cl)cc3F)n2)CC1)c1cc(C(C)=O)ccc1C.